The number of rotatable bonds is 7. The van der Waals surface area contributed by atoms with Crippen LogP contribution in [0.25, 0.3) is 5.65 Å². The van der Waals surface area contributed by atoms with E-state index in [4.69, 9.17) is 5.73 Å². The zero-order valence-electron chi connectivity index (χ0n) is 19.8. The summed E-state index contributed by atoms with van der Waals surface area (Å²) in [6.07, 6.45) is 3.29. The highest BCUT2D eigenvalue weighted by atomic mass is 16.3. The lowest BCUT2D eigenvalue weighted by molar-refractivity contribution is 0.229. The maximum atomic E-state index is 9.51. The normalized spacial score (nSPS) is 10.7. The number of nitriles is 1. The zero-order valence-corrected chi connectivity index (χ0v) is 19.8. The lowest BCUT2D eigenvalue weighted by atomic mass is 10.2. The van der Waals surface area contributed by atoms with Crippen LogP contribution in [-0.2, 0) is 12.8 Å². The van der Waals surface area contributed by atoms with Crippen LogP contribution in [0.5, 0.6) is 0 Å². The monoisotopic (exact) mass is 444 g/mol. The van der Waals surface area contributed by atoms with E-state index in [1.54, 1.807) is 4.68 Å². The van der Waals surface area contributed by atoms with Crippen molar-refractivity contribution in [1.29, 1.82) is 5.26 Å². The number of aryl methyl sites for hydroxylation is 2. The lowest BCUT2D eigenvalue weighted by Crippen LogP contribution is -2.13. The van der Waals surface area contributed by atoms with Crippen molar-refractivity contribution >= 4 is 17.3 Å². The Kier molecular flexibility index (Phi) is 12.7. The molecule has 3 rings (SSSR count). The summed E-state index contributed by atoms with van der Waals surface area (Å²) >= 11 is 0. The number of anilines is 2. The largest absolute Gasteiger partial charge is 0.394 e. The van der Waals surface area contributed by atoms with Gasteiger partial charge in [0.05, 0.1) is 24.0 Å². The molecule has 0 aliphatic carbocycles. The van der Waals surface area contributed by atoms with Gasteiger partial charge in [-0.1, -0.05) is 42.0 Å². The van der Waals surface area contributed by atoms with E-state index < -0.39 is 0 Å². The van der Waals surface area contributed by atoms with Crippen molar-refractivity contribution in [1.82, 2.24) is 24.4 Å². The van der Waals surface area contributed by atoms with E-state index in [-0.39, 0.29) is 31.5 Å². The molecule has 3 heterocycles. The highest BCUT2D eigenvalue weighted by Crippen LogP contribution is 2.24. The van der Waals surface area contributed by atoms with Crippen LogP contribution in [0.15, 0.2) is 12.3 Å². The molecule has 0 radical (unpaired) electrons. The minimum Gasteiger partial charge on any atom is -0.394 e. The van der Waals surface area contributed by atoms with Crippen LogP contribution in [0.2, 0.25) is 0 Å². The van der Waals surface area contributed by atoms with Gasteiger partial charge in [0.25, 0.3) is 0 Å². The first-order valence-electron chi connectivity index (χ1n) is 11.0. The van der Waals surface area contributed by atoms with E-state index in [0.29, 0.717) is 24.4 Å². The van der Waals surface area contributed by atoms with Crippen molar-refractivity contribution in [2.45, 2.75) is 74.8 Å². The average Bonchev–Trinajstić information content (AvgIpc) is 3.40. The number of hydrogen-bond donors (Lipinski definition) is 3. The van der Waals surface area contributed by atoms with Crippen LogP contribution in [0.4, 0.5) is 11.6 Å². The second-order valence-corrected chi connectivity index (χ2v) is 6.48. The molecule has 4 N–H and O–H groups in total. The molecule has 0 amide bonds. The van der Waals surface area contributed by atoms with Crippen molar-refractivity contribution in [3.05, 3.63) is 34.8 Å². The predicted molar refractivity (Wildman–Crippen MR) is 132 cm³/mol. The predicted octanol–water partition coefficient (Wildman–Crippen LogP) is 4.15. The minimum atomic E-state index is -0.0571. The quantitative estimate of drug-likeness (QED) is 0.499. The van der Waals surface area contributed by atoms with Gasteiger partial charge in [-0.25, -0.2) is 4.98 Å². The van der Waals surface area contributed by atoms with Gasteiger partial charge in [-0.3, -0.25) is 4.68 Å². The fourth-order valence-electron chi connectivity index (χ4n) is 3.02. The van der Waals surface area contributed by atoms with E-state index in [1.807, 2.05) is 60.7 Å². The number of nitrogens with two attached hydrogens (primary N) is 1. The summed E-state index contributed by atoms with van der Waals surface area (Å²) in [5.74, 6) is 0.745. The van der Waals surface area contributed by atoms with Gasteiger partial charge >= 0.3 is 0 Å². The van der Waals surface area contributed by atoms with E-state index in [9.17, 15) is 10.4 Å². The molecule has 0 spiro atoms. The molecule has 0 bridgehead atoms. The van der Waals surface area contributed by atoms with Crippen LogP contribution < -0.4 is 11.1 Å². The van der Waals surface area contributed by atoms with Crippen LogP contribution in [0, 0.1) is 18.3 Å². The summed E-state index contributed by atoms with van der Waals surface area (Å²) in [7, 11) is 0. The number of nitrogen functional groups attached to an aromatic ring is 1. The van der Waals surface area contributed by atoms with Crippen LogP contribution in [-0.4, -0.2) is 42.6 Å². The molecule has 1 atom stereocenters. The van der Waals surface area contributed by atoms with Crippen molar-refractivity contribution in [2.75, 3.05) is 24.2 Å². The smallest absolute Gasteiger partial charge is 0.163 e. The van der Waals surface area contributed by atoms with Gasteiger partial charge in [-0.15, -0.1) is 0 Å². The molecule has 178 valence electrons. The van der Waals surface area contributed by atoms with Crippen molar-refractivity contribution in [3.8, 4) is 6.07 Å². The topological polar surface area (TPSA) is 130 Å². The Morgan fingerprint density at radius 3 is 2.47 bits per heavy atom. The minimum absolute atomic E-state index is 0. The molecule has 0 aliphatic heterocycles. The maximum absolute atomic E-state index is 9.51. The summed E-state index contributed by atoms with van der Waals surface area (Å²) in [6.45, 7) is 14.4. The van der Waals surface area contributed by atoms with E-state index >= 15 is 0 Å². The molecule has 3 aromatic rings. The van der Waals surface area contributed by atoms with Crippen molar-refractivity contribution in [2.24, 2.45) is 0 Å². The fraction of sp³-hybridized carbons (Fsp3) is 0.565. The molecule has 0 aromatic carbocycles. The first kappa shape index (κ1) is 28.9. The number of aliphatic hydroxyl groups is 1. The SMILES string of the molecule is C.CC.CC.CCc1c(C)nn2c(N)c(C#N)c(NCCc3ccn(C(C)CO)n3)nc12. The summed E-state index contributed by atoms with van der Waals surface area (Å²) < 4.78 is 3.27. The Morgan fingerprint density at radius 2 is 1.91 bits per heavy atom. The Morgan fingerprint density at radius 1 is 1.25 bits per heavy atom. The van der Waals surface area contributed by atoms with Gasteiger partial charge in [0.15, 0.2) is 5.65 Å². The molecular formula is C23H40N8O. The Labute approximate surface area is 192 Å². The summed E-state index contributed by atoms with van der Waals surface area (Å²) in [5, 5.41) is 30.8. The van der Waals surface area contributed by atoms with Gasteiger partial charge < -0.3 is 16.2 Å². The highest BCUT2D eigenvalue weighted by Gasteiger charge is 2.18. The summed E-state index contributed by atoms with van der Waals surface area (Å²) in [5.41, 5.74) is 9.90. The molecule has 0 saturated carbocycles. The maximum Gasteiger partial charge on any atom is 0.163 e. The van der Waals surface area contributed by atoms with Crippen LogP contribution >= 0.6 is 0 Å². The third-order valence-corrected chi connectivity index (χ3v) is 4.61. The third kappa shape index (κ3) is 6.20. The van der Waals surface area contributed by atoms with Gasteiger partial charge in [-0.05, 0) is 26.3 Å². The summed E-state index contributed by atoms with van der Waals surface area (Å²) in [6, 6.07) is 3.98. The van der Waals surface area contributed by atoms with E-state index in [1.165, 1.54) is 4.52 Å². The molecule has 1 unspecified atom stereocenters. The number of aromatic nitrogens is 5. The molecule has 9 heteroatoms. The number of nitrogens with one attached hydrogen (secondary N) is 1. The van der Waals surface area contributed by atoms with Crippen LogP contribution in [0.1, 0.15) is 77.5 Å². The summed E-state index contributed by atoms with van der Waals surface area (Å²) in [4.78, 5) is 4.60. The number of hydrogen-bond acceptors (Lipinski definition) is 7. The Bertz CT molecular complexity index is 1000. The average molecular weight is 445 g/mol. The molecule has 9 nitrogen and oxygen atoms in total. The zero-order chi connectivity index (χ0) is 23.6. The lowest BCUT2D eigenvalue weighted by Gasteiger charge is -2.10. The van der Waals surface area contributed by atoms with Crippen LogP contribution in [0.3, 0.4) is 0 Å². The molecule has 0 aliphatic rings. The van der Waals surface area contributed by atoms with Crippen molar-refractivity contribution < 1.29 is 5.11 Å². The molecule has 3 aromatic heterocycles. The van der Waals surface area contributed by atoms with E-state index in [2.05, 4.69) is 26.6 Å². The molecular weight excluding hydrogens is 404 g/mol. The van der Waals surface area contributed by atoms with Gasteiger partial charge in [0.1, 0.15) is 23.3 Å². The van der Waals surface area contributed by atoms with Gasteiger partial charge in [0, 0.05) is 24.7 Å². The fourth-order valence-corrected chi connectivity index (χ4v) is 3.02. The number of nitrogens with zero attached hydrogens (tertiary/aromatic N) is 6. The highest BCUT2D eigenvalue weighted by molar-refractivity contribution is 5.69. The second-order valence-electron chi connectivity index (χ2n) is 6.48. The van der Waals surface area contributed by atoms with Gasteiger partial charge in [-0.2, -0.15) is 20.0 Å². The first-order chi connectivity index (χ1) is 15.0. The standard InChI is InChI=1S/C18H24N8O.2C2H6.CH4/c1-4-14-12(3)23-26-16(20)15(9-19)17(22-18(14)26)21-7-5-13-6-8-25(24-13)11(2)10-27;2*1-2;/h6,8,11,27H,4-5,7,10,20H2,1-3H3,(H,21,22);2*1-2H3;1H4. The van der Waals surface area contributed by atoms with E-state index in [0.717, 1.165) is 23.4 Å². The van der Waals surface area contributed by atoms with Crippen molar-refractivity contribution in [3.63, 3.8) is 0 Å². The Balaban J connectivity index is 0.00000182. The molecule has 0 saturated heterocycles. The number of fused-ring (bicyclic) bond motifs is 1. The van der Waals surface area contributed by atoms with Gasteiger partial charge in [0.2, 0.25) is 0 Å². The second kappa shape index (κ2) is 14.0. The molecule has 32 heavy (non-hydrogen) atoms. The number of aliphatic hydroxyl groups excluding tert-OH is 1. The molecule has 0 fully saturated rings. The Hall–Kier alpha value is -3.12. The first-order valence-corrected chi connectivity index (χ1v) is 11.0. The third-order valence-electron chi connectivity index (χ3n) is 4.61.